The fraction of sp³-hybridized carbons (Fsp3) is 0.933. The maximum Gasteiger partial charge on any atom is 0.191 e. The lowest BCUT2D eigenvalue weighted by Crippen LogP contribution is -2.45. The highest BCUT2D eigenvalue weighted by Gasteiger charge is 2.19. The van der Waals surface area contributed by atoms with E-state index in [-0.39, 0.29) is 36.3 Å². The minimum atomic E-state index is -2.95. The van der Waals surface area contributed by atoms with Crippen LogP contribution in [0.3, 0.4) is 0 Å². The lowest BCUT2D eigenvalue weighted by molar-refractivity contribution is 0.157. The van der Waals surface area contributed by atoms with Gasteiger partial charge in [0.2, 0.25) is 0 Å². The Labute approximate surface area is 158 Å². The summed E-state index contributed by atoms with van der Waals surface area (Å²) in [5.41, 5.74) is 0. The van der Waals surface area contributed by atoms with Crippen LogP contribution >= 0.6 is 24.0 Å². The summed E-state index contributed by atoms with van der Waals surface area (Å²) >= 11 is 0. The van der Waals surface area contributed by atoms with Gasteiger partial charge in [0.1, 0.15) is 9.84 Å². The average Bonchev–Trinajstić information content (AvgIpc) is 2.41. The fourth-order valence-electron chi connectivity index (χ4n) is 2.61. The van der Waals surface area contributed by atoms with Gasteiger partial charge in [0.15, 0.2) is 5.96 Å². The smallest absolute Gasteiger partial charge is 0.191 e. The molecule has 2 atom stereocenters. The molecule has 1 saturated carbocycles. The first-order chi connectivity index (χ1) is 10.4. The van der Waals surface area contributed by atoms with Gasteiger partial charge in [0.25, 0.3) is 0 Å². The molecule has 1 fully saturated rings. The number of guanidine groups is 1. The molecule has 138 valence electrons. The molecular weight excluding hydrogens is 429 g/mol. The topological polar surface area (TPSA) is 79.8 Å². The number of hydrogen-bond donors (Lipinski definition) is 2. The summed E-state index contributed by atoms with van der Waals surface area (Å²) in [6.45, 7) is 6.37. The average molecular weight is 461 g/mol. The van der Waals surface area contributed by atoms with Gasteiger partial charge < -0.3 is 15.4 Å². The van der Waals surface area contributed by atoms with Crippen LogP contribution < -0.4 is 10.6 Å². The molecule has 1 aliphatic carbocycles. The van der Waals surface area contributed by atoms with Gasteiger partial charge in [-0.2, -0.15) is 0 Å². The van der Waals surface area contributed by atoms with E-state index in [1.807, 2.05) is 6.92 Å². The van der Waals surface area contributed by atoms with E-state index in [4.69, 9.17) is 4.74 Å². The molecule has 0 radical (unpaired) electrons. The number of halogens is 1. The number of rotatable bonds is 8. The minimum absolute atomic E-state index is 0. The van der Waals surface area contributed by atoms with Crippen LogP contribution in [0.2, 0.25) is 0 Å². The Balaban J connectivity index is 0.00000484. The summed E-state index contributed by atoms with van der Waals surface area (Å²) in [5.74, 6) is 1.66. The molecule has 1 rings (SSSR count). The summed E-state index contributed by atoms with van der Waals surface area (Å²) in [4.78, 5) is 4.49. The second-order valence-electron chi connectivity index (χ2n) is 6.12. The second kappa shape index (κ2) is 12.3. The first kappa shape index (κ1) is 22.9. The third-order valence-corrected chi connectivity index (χ3v) is 4.63. The predicted molar refractivity (Wildman–Crippen MR) is 106 cm³/mol. The number of nitrogens with zero attached hydrogens (tertiary/aromatic N) is 1. The van der Waals surface area contributed by atoms with Crippen molar-refractivity contribution in [2.24, 2.45) is 10.9 Å². The zero-order valence-corrected chi connectivity index (χ0v) is 17.7. The van der Waals surface area contributed by atoms with Gasteiger partial charge in [0.05, 0.1) is 25.5 Å². The number of nitrogens with one attached hydrogen (secondary N) is 2. The van der Waals surface area contributed by atoms with E-state index in [2.05, 4.69) is 22.5 Å². The summed E-state index contributed by atoms with van der Waals surface area (Å²) < 4.78 is 27.3. The van der Waals surface area contributed by atoms with Gasteiger partial charge in [-0.3, -0.25) is 4.99 Å². The Morgan fingerprint density at radius 1 is 1.30 bits per heavy atom. The zero-order valence-electron chi connectivity index (χ0n) is 14.5. The molecule has 0 amide bonds. The molecule has 0 saturated heterocycles. The van der Waals surface area contributed by atoms with Crippen molar-refractivity contribution in [1.82, 2.24) is 10.6 Å². The lowest BCUT2D eigenvalue weighted by Gasteiger charge is -2.28. The number of sulfone groups is 1. The van der Waals surface area contributed by atoms with E-state index < -0.39 is 9.84 Å². The molecule has 2 unspecified atom stereocenters. The van der Waals surface area contributed by atoms with Crippen LogP contribution in [0.4, 0.5) is 0 Å². The van der Waals surface area contributed by atoms with Crippen LogP contribution in [0.25, 0.3) is 0 Å². The molecule has 0 aliphatic heterocycles. The summed E-state index contributed by atoms with van der Waals surface area (Å²) in [5, 5.41) is 6.74. The normalized spacial score (nSPS) is 22.3. The zero-order chi connectivity index (χ0) is 16.4. The van der Waals surface area contributed by atoms with Crippen molar-refractivity contribution in [2.75, 3.05) is 38.3 Å². The standard InChI is InChI=1S/C15H31N3O3S.HI/c1-4-16-15(18-14-7-5-6-13(2)12-14)17-8-9-21-10-11-22(3,19)20;/h13-14H,4-12H2,1-3H3,(H2,16,17,18);1H. The van der Waals surface area contributed by atoms with Crippen LogP contribution in [-0.2, 0) is 14.6 Å². The SMILES string of the molecule is CCNC(=NCCOCCS(C)(=O)=O)NC1CCCC(C)C1.I. The molecule has 0 heterocycles. The Hall–Kier alpha value is -0.0900. The molecule has 1 aliphatic rings. The molecule has 23 heavy (non-hydrogen) atoms. The van der Waals surface area contributed by atoms with Crippen LogP contribution in [0.5, 0.6) is 0 Å². The van der Waals surface area contributed by atoms with Gasteiger partial charge in [-0.15, -0.1) is 24.0 Å². The van der Waals surface area contributed by atoms with Crippen molar-refractivity contribution < 1.29 is 13.2 Å². The van der Waals surface area contributed by atoms with E-state index in [1.165, 1.54) is 31.9 Å². The van der Waals surface area contributed by atoms with Crippen LogP contribution in [0.1, 0.15) is 39.5 Å². The third-order valence-electron chi connectivity index (χ3n) is 3.73. The van der Waals surface area contributed by atoms with E-state index in [0.717, 1.165) is 18.4 Å². The molecule has 6 nitrogen and oxygen atoms in total. The highest BCUT2D eigenvalue weighted by molar-refractivity contribution is 14.0. The summed E-state index contributed by atoms with van der Waals surface area (Å²) in [7, 11) is -2.95. The largest absolute Gasteiger partial charge is 0.378 e. The second-order valence-corrected chi connectivity index (χ2v) is 8.38. The van der Waals surface area contributed by atoms with Crippen molar-refractivity contribution in [3.63, 3.8) is 0 Å². The Kier molecular flexibility index (Phi) is 12.2. The van der Waals surface area contributed by atoms with Gasteiger partial charge in [-0.25, -0.2) is 8.42 Å². The number of hydrogen-bond acceptors (Lipinski definition) is 4. The summed E-state index contributed by atoms with van der Waals surface area (Å²) in [6.07, 6.45) is 6.19. The first-order valence-corrected chi connectivity index (χ1v) is 10.3. The Morgan fingerprint density at radius 3 is 2.65 bits per heavy atom. The van der Waals surface area contributed by atoms with Gasteiger partial charge >= 0.3 is 0 Å². The molecule has 8 heteroatoms. The quantitative estimate of drug-likeness (QED) is 0.250. The fourth-order valence-corrected chi connectivity index (χ4v) is 3.03. The first-order valence-electron chi connectivity index (χ1n) is 8.21. The van der Waals surface area contributed by atoms with E-state index in [1.54, 1.807) is 0 Å². The van der Waals surface area contributed by atoms with Crippen molar-refractivity contribution in [3.8, 4) is 0 Å². The molecule has 0 aromatic heterocycles. The molecule has 0 spiro atoms. The van der Waals surface area contributed by atoms with E-state index >= 15 is 0 Å². The molecule has 0 bridgehead atoms. The van der Waals surface area contributed by atoms with Crippen molar-refractivity contribution in [2.45, 2.75) is 45.6 Å². The van der Waals surface area contributed by atoms with Gasteiger partial charge in [0, 0.05) is 18.8 Å². The lowest BCUT2D eigenvalue weighted by atomic mass is 9.87. The summed E-state index contributed by atoms with van der Waals surface area (Å²) in [6, 6.07) is 0.493. The molecule has 0 aromatic carbocycles. The van der Waals surface area contributed by atoms with Gasteiger partial charge in [-0.05, 0) is 25.7 Å². The Bertz CT molecular complexity index is 443. The predicted octanol–water partition coefficient (Wildman–Crippen LogP) is 1.80. The van der Waals surface area contributed by atoms with E-state index in [0.29, 0.717) is 19.2 Å². The molecule has 0 aromatic rings. The minimum Gasteiger partial charge on any atom is -0.378 e. The highest BCUT2D eigenvalue weighted by atomic mass is 127. The van der Waals surface area contributed by atoms with Gasteiger partial charge in [-0.1, -0.05) is 19.8 Å². The third kappa shape index (κ3) is 12.0. The van der Waals surface area contributed by atoms with Crippen molar-refractivity contribution in [3.05, 3.63) is 0 Å². The maximum atomic E-state index is 11.0. The van der Waals surface area contributed by atoms with Crippen LogP contribution in [0.15, 0.2) is 4.99 Å². The highest BCUT2D eigenvalue weighted by Crippen LogP contribution is 2.23. The van der Waals surface area contributed by atoms with Crippen molar-refractivity contribution >= 4 is 39.8 Å². The maximum absolute atomic E-state index is 11.0. The molecule has 2 N–H and O–H groups in total. The monoisotopic (exact) mass is 461 g/mol. The van der Waals surface area contributed by atoms with Crippen LogP contribution in [0, 0.1) is 5.92 Å². The number of ether oxygens (including phenoxy) is 1. The number of aliphatic imine (C=N–C) groups is 1. The van der Waals surface area contributed by atoms with Crippen LogP contribution in [-0.4, -0.2) is 58.7 Å². The van der Waals surface area contributed by atoms with E-state index in [9.17, 15) is 8.42 Å². The Morgan fingerprint density at radius 2 is 2.04 bits per heavy atom. The molecular formula is C15H32IN3O3S. The van der Waals surface area contributed by atoms with Crippen molar-refractivity contribution in [1.29, 1.82) is 0 Å².